The van der Waals surface area contributed by atoms with E-state index >= 15 is 0 Å². The maximum absolute atomic E-state index is 11.3. The second kappa shape index (κ2) is 19.1. The molecule has 0 bridgehead atoms. The van der Waals surface area contributed by atoms with E-state index in [0.29, 0.717) is 0 Å². The van der Waals surface area contributed by atoms with Gasteiger partial charge in [0.25, 0.3) is 0 Å². The second-order valence-electron chi connectivity index (χ2n) is 5.17. The van der Waals surface area contributed by atoms with E-state index in [1.807, 2.05) is 60.3 Å². The first-order valence-electron chi connectivity index (χ1n) is 10.5. The predicted octanol–water partition coefficient (Wildman–Crippen LogP) is 5.80. The van der Waals surface area contributed by atoms with Gasteiger partial charge in [0.05, 0.1) is 0 Å². The van der Waals surface area contributed by atoms with E-state index in [4.69, 9.17) is 4.79 Å². The van der Waals surface area contributed by atoms with Crippen molar-refractivity contribution in [1.29, 1.82) is 0 Å². The molecule has 1 amide bonds. The van der Waals surface area contributed by atoms with Crippen LogP contribution in [-0.2, 0) is 35.8 Å². The number of hydrogen-bond donors (Lipinski definition) is 0. The van der Waals surface area contributed by atoms with Gasteiger partial charge in [0, 0.05) is 33.1 Å². The van der Waals surface area contributed by atoms with E-state index in [2.05, 4.69) is 24.1 Å². The third-order valence-corrected chi connectivity index (χ3v) is 3.57. The Hall–Kier alpha value is -1.68. The van der Waals surface area contributed by atoms with Gasteiger partial charge in [-0.15, -0.1) is 0 Å². The summed E-state index contributed by atoms with van der Waals surface area (Å²) in [5.41, 5.74) is 5.55. The predicted molar refractivity (Wildman–Crippen MR) is 119 cm³/mol. The van der Waals surface area contributed by atoms with E-state index < -0.39 is 0 Å². The van der Waals surface area contributed by atoms with Gasteiger partial charge < -0.3 is 9.69 Å². The molecule has 0 radical (unpaired) electrons. The molecule has 1 aromatic rings. The Labute approximate surface area is 168 Å². The zero-order chi connectivity index (χ0) is 22.0. The minimum Gasteiger partial charge on any atom is -0.334 e. The van der Waals surface area contributed by atoms with Gasteiger partial charge in [-0.2, -0.15) is 0 Å². The highest BCUT2D eigenvalue weighted by Crippen LogP contribution is 2.30. The maximum Gasteiger partial charge on any atom is 0.220 e. The summed E-state index contributed by atoms with van der Waals surface area (Å²) >= 11 is 0. The van der Waals surface area contributed by atoms with Crippen molar-refractivity contribution in [2.45, 2.75) is 95.4 Å². The van der Waals surface area contributed by atoms with Crippen LogP contribution in [0.15, 0.2) is 12.1 Å². The summed E-state index contributed by atoms with van der Waals surface area (Å²) in [5, 5.41) is 0. The molecule has 0 N–H and O–H groups in total. The van der Waals surface area contributed by atoms with Gasteiger partial charge in [-0.3, -0.25) is 9.69 Å². The van der Waals surface area contributed by atoms with E-state index in [1.54, 1.807) is 6.92 Å². The number of rotatable bonds is 0. The molecular weight excluding hydrogens is 336 g/mol. The van der Waals surface area contributed by atoms with Gasteiger partial charge in [-0.1, -0.05) is 67.5 Å². The average Bonchev–Trinajstić information content (AvgIpc) is 3.28. The van der Waals surface area contributed by atoms with Crippen molar-refractivity contribution in [3.8, 4) is 0 Å². The number of carbonyl (C=O) groups excluding carboxylic acids is 2. The van der Waals surface area contributed by atoms with E-state index in [0.717, 1.165) is 32.5 Å². The fourth-order valence-electron chi connectivity index (χ4n) is 2.71. The van der Waals surface area contributed by atoms with Crippen molar-refractivity contribution in [1.82, 2.24) is 9.80 Å². The monoisotopic (exact) mass is 380 g/mol. The van der Waals surface area contributed by atoms with Gasteiger partial charge in [0.15, 0.2) is 0 Å². The summed E-state index contributed by atoms with van der Waals surface area (Å²) in [6.45, 7) is 22.8. The van der Waals surface area contributed by atoms with Crippen LogP contribution in [0.3, 0.4) is 0 Å². The van der Waals surface area contributed by atoms with Crippen LogP contribution in [0.5, 0.6) is 0 Å². The summed E-state index contributed by atoms with van der Waals surface area (Å²) in [4.78, 5) is 24.4. The van der Waals surface area contributed by atoms with Gasteiger partial charge in [-0.05, 0) is 36.2 Å². The lowest BCUT2D eigenvalue weighted by Crippen LogP contribution is -2.21. The van der Waals surface area contributed by atoms with Crippen LogP contribution in [0.1, 0.15) is 91.5 Å². The first-order valence-corrected chi connectivity index (χ1v) is 10.5. The summed E-state index contributed by atoms with van der Waals surface area (Å²) in [5.74, 6) is 0.175. The van der Waals surface area contributed by atoms with Crippen LogP contribution in [0.4, 0.5) is 0 Å². The molecule has 2 aliphatic heterocycles. The molecule has 0 fully saturated rings. The Morgan fingerprint density at radius 1 is 0.778 bits per heavy atom. The van der Waals surface area contributed by atoms with Crippen molar-refractivity contribution in [3.05, 3.63) is 34.4 Å². The van der Waals surface area contributed by atoms with Crippen LogP contribution >= 0.6 is 0 Å². The molecule has 0 saturated heterocycles. The standard InChI is InChI=1S/C13H16N2O.C2H4O.4C2H6/c1-9(16)15-7-12-3-10-5-14(2)6-11(10)4-13(12)8-15;1-2-3;4*1-2/h3-4H,5-8H2,1-2H3;2H,1H3;4*1-2H3. The Balaban J connectivity index is -0.000000451. The largest absolute Gasteiger partial charge is 0.334 e. The SMILES string of the molecule is CC.CC.CC.CC.CC(=O)N1Cc2cc3c(cc2C1)CN(C)C3.CC=O. The first kappa shape index (κ1) is 30.1. The summed E-state index contributed by atoms with van der Waals surface area (Å²) in [7, 11) is 2.15. The van der Waals surface area contributed by atoms with Gasteiger partial charge in [0.2, 0.25) is 5.91 Å². The fraction of sp³-hybridized carbons (Fsp3) is 0.652. The highest BCUT2D eigenvalue weighted by Gasteiger charge is 2.25. The van der Waals surface area contributed by atoms with Crippen molar-refractivity contribution in [3.63, 3.8) is 0 Å². The molecule has 4 nitrogen and oxygen atoms in total. The maximum atomic E-state index is 11.3. The van der Waals surface area contributed by atoms with Crippen molar-refractivity contribution in [2.24, 2.45) is 0 Å². The van der Waals surface area contributed by atoms with Gasteiger partial charge in [0.1, 0.15) is 6.29 Å². The van der Waals surface area contributed by atoms with Crippen LogP contribution < -0.4 is 0 Å². The topological polar surface area (TPSA) is 40.6 Å². The Kier molecular flexibility index (Phi) is 21.3. The lowest BCUT2D eigenvalue weighted by atomic mass is 10.0. The third kappa shape index (κ3) is 10.3. The molecule has 2 aliphatic rings. The molecule has 0 aromatic heterocycles. The molecule has 3 rings (SSSR count). The molecule has 0 spiro atoms. The molecule has 0 saturated carbocycles. The Bertz CT molecular complexity index is 478. The van der Waals surface area contributed by atoms with Crippen molar-refractivity contribution < 1.29 is 9.59 Å². The van der Waals surface area contributed by atoms with Crippen LogP contribution in [0.25, 0.3) is 0 Å². The Morgan fingerprint density at radius 2 is 1.04 bits per heavy atom. The number of amides is 1. The van der Waals surface area contributed by atoms with E-state index in [-0.39, 0.29) is 5.91 Å². The number of benzene rings is 1. The quantitative estimate of drug-likeness (QED) is 0.534. The summed E-state index contributed by atoms with van der Waals surface area (Å²) in [6.07, 6.45) is 0.750. The molecule has 158 valence electrons. The van der Waals surface area contributed by atoms with Crippen molar-refractivity contribution >= 4 is 12.2 Å². The fourth-order valence-corrected chi connectivity index (χ4v) is 2.71. The highest BCUT2D eigenvalue weighted by molar-refractivity contribution is 5.74. The average molecular weight is 381 g/mol. The molecule has 0 unspecified atom stereocenters. The molecule has 0 aliphatic carbocycles. The molecule has 0 atom stereocenters. The van der Waals surface area contributed by atoms with Crippen LogP contribution in [0.2, 0.25) is 0 Å². The highest BCUT2D eigenvalue weighted by atomic mass is 16.2. The zero-order valence-electron chi connectivity index (χ0n) is 19.8. The first-order chi connectivity index (χ1) is 13.0. The zero-order valence-corrected chi connectivity index (χ0v) is 19.8. The minimum atomic E-state index is 0.175. The lowest BCUT2D eigenvalue weighted by molar-refractivity contribution is -0.129. The van der Waals surface area contributed by atoms with E-state index in [1.165, 1.54) is 29.2 Å². The van der Waals surface area contributed by atoms with Gasteiger partial charge >= 0.3 is 0 Å². The molecule has 27 heavy (non-hydrogen) atoms. The van der Waals surface area contributed by atoms with Crippen LogP contribution in [0, 0.1) is 0 Å². The number of carbonyl (C=O) groups is 2. The van der Waals surface area contributed by atoms with Gasteiger partial charge in [-0.25, -0.2) is 0 Å². The normalized spacial score (nSPS) is 12.5. The lowest BCUT2D eigenvalue weighted by Gasteiger charge is -2.11. The van der Waals surface area contributed by atoms with Crippen LogP contribution in [-0.4, -0.2) is 29.0 Å². The Morgan fingerprint density at radius 3 is 1.30 bits per heavy atom. The van der Waals surface area contributed by atoms with E-state index in [9.17, 15) is 4.79 Å². The molecule has 2 heterocycles. The minimum absolute atomic E-state index is 0.175. The van der Waals surface area contributed by atoms with Crippen molar-refractivity contribution in [2.75, 3.05) is 7.05 Å². The number of nitrogens with zero attached hydrogens (tertiary/aromatic N) is 2. The molecule has 4 heteroatoms. The number of fused-ring (bicyclic) bond motifs is 2. The second-order valence-corrected chi connectivity index (χ2v) is 5.17. The summed E-state index contributed by atoms with van der Waals surface area (Å²) in [6, 6.07) is 4.58. The third-order valence-electron chi connectivity index (χ3n) is 3.57. The summed E-state index contributed by atoms with van der Waals surface area (Å²) < 4.78 is 0. The number of hydrogen-bond acceptors (Lipinski definition) is 3. The smallest absolute Gasteiger partial charge is 0.220 e. The molecular formula is C23H44N2O2. The molecule has 1 aromatic carbocycles. The number of aldehydes is 1.